The Bertz CT molecular complexity index is 918. The lowest BCUT2D eigenvalue weighted by Gasteiger charge is -2.20. The van der Waals surface area contributed by atoms with Gasteiger partial charge in [0.05, 0.1) is 13.2 Å². The van der Waals surface area contributed by atoms with Gasteiger partial charge < -0.3 is 19.1 Å². The van der Waals surface area contributed by atoms with Crippen LogP contribution in [0.5, 0.6) is 0 Å². The summed E-state index contributed by atoms with van der Waals surface area (Å²) in [6.45, 7) is 17.4. The number of esters is 3. The van der Waals surface area contributed by atoms with E-state index in [2.05, 4.69) is 46.4 Å². The lowest BCUT2D eigenvalue weighted by Crippen LogP contribution is -2.25. The van der Waals surface area contributed by atoms with E-state index in [-0.39, 0.29) is 24.0 Å². The quantitative estimate of drug-likeness (QED) is 0.0343. The monoisotopic (exact) mass is 850 g/mol. The van der Waals surface area contributed by atoms with E-state index in [0.29, 0.717) is 44.3 Å². The van der Waals surface area contributed by atoms with Gasteiger partial charge in [0.2, 0.25) is 0 Å². The molecule has 0 heterocycles. The summed E-state index contributed by atoms with van der Waals surface area (Å²) in [5.74, 6) is 0.967. The molecule has 0 radical (unpaired) electrons. The summed E-state index contributed by atoms with van der Waals surface area (Å²) >= 11 is 0. The van der Waals surface area contributed by atoms with Crippen LogP contribution in [0.3, 0.4) is 0 Å². The van der Waals surface area contributed by atoms with E-state index >= 15 is 0 Å². The maximum atomic E-state index is 12.8. The van der Waals surface area contributed by atoms with Crippen LogP contribution in [0.4, 0.5) is 0 Å². The third-order valence-electron chi connectivity index (χ3n) is 12.7. The lowest BCUT2D eigenvalue weighted by atomic mass is 9.92. The second-order valence-electron chi connectivity index (χ2n) is 18.3. The van der Waals surface area contributed by atoms with Gasteiger partial charge in [-0.15, -0.1) is 0 Å². The maximum absolute atomic E-state index is 12.8. The topological polar surface area (TPSA) is 82.1 Å². The first-order valence-corrected chi connectivity index (χ1v) is 26.6. The number of hydrogen-bond donors (Lipinski definition) is 0. The molecule has 0 bridgehead atoms. The van der Waals surface area contributed by atoms with Gasteiger partial charge in [-0.1, -0.05) is 183 Å². The van der Waals surface area contributed by atoms with Crippen molar-refractivity contribution in [2.45, 2.75) is 279 Å². The molecule has 0 fully saturated rings. The molecule has 60 heavy (non-hydrogen) atoms. The Kier molecular flexibility index (Phi) is 44.2. The fraction of sp³-hybridized carbons (Fsp3) is 0.943. The van der Waals surface area contributed by atoms with Gasteiger partial charge in [-0.2, -0.15) is 0 Å². The van der Waals surface area contributed by atoms with Crippen molar-refractivity contribution < 1.29 is 28.6 Å². The van der Waals surface area contributed by atoms with Crippen LogP contribution in [0, 0.1) is 11.8 Å². The van der Waals surface area contributed by atoms with E-state index in [1.54, 1.807) is 0 Å². The Hall–Kier alpha value is -1.63. The molecule has 0 aliphatic carbocycles. The van der Waals surface area contributed by atoms with Crippen LogP contribution in [0.25, 0.3) is 0 Å². The normalized spacial score (nSPS) is 12.2. The summed E-state index contributed by atoms with van der Waals surface area (Å²) in [5.41, 5.74) is 0. The van der Waals surface area contributed by atoms with Crippen molar-refractivity contribution in [3.8, 4) is 0 Å². The van der Waals surface area contributed by atoms with E-state index in [1.165, 1.54) is 116 Å². The van der Waals surface area contributed by atoms with Crippen molar-refractivity contribution in [3.63, 3.8) is 0 Å². The molecule has 0 saturated heterocycles. The summed E-state index contributed by atoms with van der Waals surface area (Å²) in [4.78, 5) is 40.3. The predicted molar refractivity (Wildman–Crippen MR) is 255 cm³/mol. The number of hydrogen-bond acceptors (Lipinski definition) is 7. The molecule has 7 nitrogen and oxygen atoms in total. The minimum absolute atomic E-state index is 0.00210. The second-order valence-corrected chi connectivity index (χ2v) is 18.3. The van der Waals surface area contributed by atoms with Gasteiger partial charge in [0.1, 0.15) is 6.10 Å². The summed E-state index contributed by atoms with van der Waals surface area (Å²) in [7, 11) is 0. The Morgan fingerprint density at radius 2 is 0.717 bits per heavy atom. The molecule has 0 rings (SSSR count). The van der Waals surface area contributed by atoms with E-state index in [4.69, 9.17) is 14.2 Å². The van der Waals surface area contributed by atoms with Gasteiger partial charge in [0, 0.05) is 19.3 Å². The fourth-order valence-electron chi connectivity index (χ4n) is 8.60. The van der Waals surface area contributed by atoms with Gasteiger partial charge in [0.15, 0.2) is 0 Å². The zero-order valence-electron chi connectivity index (χ0n) is 41.1. The number of carbonyl (C=O) groups is 3. The third-order valence-corrected chi connectivity index (χ3v) is 12.7. The highest BCUT2D eigenvalue weighted by molar-refractivity contribution is 5.70. The standard InChI is InChI=1S/C53H103NO6/c1-7-13-27-36-48(37-28-14-8-2)46-52(56)58-44-33-25-21-18-17-19-23-31-40-50(60-51(55)42-35-43-54(11-5)12-6)41-32-24-20-22-26-34-45-59-53(57)47-49(38-29-15-9-3)39-30-16-10-4/h48-50H,7-47H2,1-6H3. The third kappa shape index (κ3) is 39.2. The largest absolute Gasteiger partial charge is 0.466 e. The molecule has 0 N–H and O–H groups in total. The first kappa shape index (κ1) is 58.4. The van der Waals surface area contributed by atoms with E-state index in [9.17, 15) is 14.4 Å². The predicted octanol–water partition coefficient (Wildman–Crippen LogP) is 15.7. The van der Waals surface area contributed by atoms with Crippen molar-refractivity contribution >= 4 is 17.9 Å². The van der Waals surface area contributed by atoms with Crippen LogP contribution in [-0.4, -0.2) is 61.8 Å². The molecule has 7 heteroatoms. The summed E-state index contributed by atoms with van der Waals surface area (Å²) in [5, 5.41) is 0. The molecule has 0 aromatic heterocycles. The molecular weight excluding hydrogens is 747 g/mol. The zero-order chi connectivity index (χ0) is 44.2. The van der Waals surface area contributed by atoms with Crippen molar-refractivity contribution in [2.24, 2.45) is 11.8 Å². The van der Waals surface area contributed by atoms with Crippen LogP contribution < -0.4 is 0 Å². The van der Waals surface area contributed by atoms with Crippen LogP contribution in [0.15, 0.2) is 0 Å². The molecule has 0 spiro atoms. The smallest absolute Gasteiger partial charge is 0.306 e. The van der Waals surface area contributed by atoms with E-state index in [0.717, 1.165) is 116 Å². The first-order valence-electron chi connectivity index (χ1n) is 26.6. The minimum Gasteiger partial charge on any atom is -0.466 e. The second kappa shape index (κ2) is 45.4. The average Bonchev–Trinajstić information content (AvgIpc) is 3.23. The molecule has 0 saturated carbocycles. The van der Waals surface area contributed by atoms with Crippen molar-refractivity contribution in [1.82, 2.24) is 4.90 Å². The molecule has 0 aliphatic rings. The van der Waals surface area contributed by atoms with Crippen molar-refractivity contribution in [1.29, 1.82) is 0 Å². The van der Waals surface area contributed by atoms with Crippen LogP contribution in [0.2, 0.25) is 0 Å². The van der Waals surface area contributed by atoms with Gasteiger partial charge >= 0.3 is 17.9 Å². The highest BCUT2D eigenvalue weighted by Crippen LogP contribution is 2.24. The minimum atomic E-state index is -0.0283. The molecular formula is C53H103NO6. The fourth-order valence-corrected chi connectivity index (χ4v) is 8.60. The highest BCUT2D eigenvalue weighted by atomic mass is 16.5. The van der Waals surface area contributed by atoms with Crippen molar-refractivity contribution in [3.05, 3.63) is 0 Å². The highest BCUT2D eigenvalue weighted by Gasteiger charge is 2.17. The molecule has 0 aliphatic heterocycles. The maximum Gasteiger partial charge on any atom is 0.306 e. The van der Waals surface area contributed by atoms with E-state index in [1.807, 2.05) is 0 Å². The Morgan fingerprint density at radius 3 is 1.07 bits per heavy atom. The lowest BCUT2D eigenvalue weighted by molar-refractivity contribution is -0.150. The van der Waals surface area contributed by atoms with Gasteiger partial charge in [-0.05, 0) is 102 Å². The number of rotatable bonds is 47. The summed E-state index contributed by atoms with van der Waals surface area (Å²) < 4.78 is 17.4. The molecule has 356 valence electrons. The van der Waals surface area contributed by atoms with Crippen LogP contribution in [0.1, 0.15) is 273 Å². The van der Waals surface area contributed by atoms with Gasteiger partial charge in [-0.25, -0.2) is 0 Å². The zero-order valence-corrected chi connectivity index (χ0v) is 41.1. The average molecular weight is 850 g/mol. The number of nitrogens with zero attached hydrogens (tertiary/aromatic N) is 1. The number of carbonyl (C=O) groups excluding carboxylic acids is 3. The molecule has 0 aromatic rings. The van der Waals surface area contributed by atoms with Crippen molar-refractivity contribution in [2.75, 3.05) is 32.8 Å². The molecule has 0 aromatic carbocycles. The SMILES string of the molecule is CCCCCC(CCCCC)CC(=O)OCCCCCCCCCCC(CCCCCCCCOC(=O)CC(CCCCC)CCCCC)OC(=O)CCCN(CC)CC. The molecule has 1 atom stereocenters. The Labute approximate surface area is 373 Å². The first-order chi connectivity index (χ1) is 29.3. The van der Waals surface area contributed by atoms with Gasteiger partial charge in [0.25, 0.3) is 0 Å². The summed E-state index contributed by atoms with van der Waals surface area (Å²) in [6.07, 6.45) is 40.0. The van der Waals surface area contributed by atoms with Gasteiger partial charge in [-0.3, -0.25) is 14.4 Å². The molecule has 1 unspecified atom stereocenters. The van der Waals surface area contributed by atoms with Crippen LogP contribution >= 0.6 is 0 Å². The Morgan fingerprint density at radius 1 is 0.383 bits per heavy atom. The number of ether oxygens (including phenoxy) is 3. The number of unbranched alkanes of at least 4 members (excludes halogenated alkanes) is 20. The molecule has 0 amide bonds. The Balaban J connectivity index is 4.36. The van der Waals surface area contributed by atoms with E-state index < -0.39 is 0 Å². The van der Waals surface area contributed by atoms with Crippen LogP contribution in [-0.2, 0) is 28.6 Å². The summed E-state index contributed by atoms with van der Waals surface area (Å²) in [6, 6.07) is 0.